The molecule has 0 aliphatic rings. The van der Waals surface area contributed by atoms with Gasteiger partial charge in [-0.2, -0.15) is 0 Å². The van der Waals surface area contributed by atoms with Crippen LogP contribution in [0.5, 0.6) is 5.75 Å². The van der Waals surface area contributed by atoms with Crippen LogP contribution in [-0.2, 0) is 11.4 Å². The Labute approximate surface area is 174 Å². The van der Waals surface area contributed by atoms with Crippen LogP contribution in [0.2, 0.25) is 5.02 Å². The van der Waals surface area contributed by atoms with E-state index in [9.17, 15) is 9.59 Å². The minimum Gasteiger partial charge on any atom is -0.489 e. The average Bonchev–Trinajstić information content (AvgIpc) is 2.68. The number of ether oxygens (including phenoxy) is 1. The zero-order valence-corrected chi connectivity index (χ0v) is 16.9. The van der Waals surface area contributed by atoms with Crippen molar-refractivity contribution in [3.8, 4) is 5.75 Å². The van der Waals surface area contributed by atoms with Crippen molar-refractivity contribution in [2.24, 2.45) is 0 Å². The third-order valence-corrected chi connectivity index (χ3v) is 4.43. The van der Waals surface area contributed by atoms with Gasteiger partial charge in [0.1, 0.15) is 12.4 Å². The predicted molar refractivity (Wildman–Crippen MR) is 116 cm³/mol. The van der Waals surface area contributed by atoms with Crippen LogP contribution in [-0.4, -0.2) is 11.8 Å². The van der Waals surface area contributed by atoms with Crippen molar-refractivity contribution in [3.63, 3.8) is 0 Å². The smallest absolute Gasteiger partial charge is 0.255 e. The standard InChI is InChI=1S/C23H21ClN2O3/c1-15-5-3-6-17(11-15)14-29-20-8-4-7-18(12-20)23(28)26-19-9-10-22(21(24)13-19)25-16(2)27/h3-13H,14H2,1-2H3,(H,25,27)(H,26,28). The van der Waals surface area contributed by atoms with Crippen LogP contribution >= 0.6 is 11.6 Å². The van der Waals surface area contributed by atoms with Crippen LogP contribution < -0.4 is 15.4 Å². The van der Waals surface area contributed by atoms with Gasteiger partial charge in [-0.3, -0.25) is 9.59 Å². The van der Waals surface area contributed by atoms with E-state index < -0.39 is 0 Å². The zero-order valence-electron chi connectivity index (χ0n) is 16.2. The Morgan fingerprint density at radius 2 is 1.76 bits per heavy atom. The van der Waals surface area contributed by atoms with E-state index in [0.717, 1.165) is 5.56 Å². The second-order valence-corrected chi connectivity index (χ2v) is 7.04. The molecule has 3 rings (SSSR count). The lowest BCUT2D eigenvalue weighted by Crippen LogP contribution is -2.12. The largest absolute Gasteiger partial charge is 0.489 e. The number of rotatable bonds is 6. The van der Waals surface area contributed by atoms with Crippen LogP contribution in [0.3, 0.4) is 0 Å². The first-order chi connectivity index (χ1) is 13.9. The van der Waals surface area contributed by atoms with E-state index >= 15 is 0 Å². The number of halogens is 1. The van der Waals surface area contributed by atoms with Gasteiger partial charge < -0.3 is 15.4 Å². The fourth-order valence-electron chi connectivity index (χ4n) is 2.78. The second kappa shape index (κ2) is 9.26. The van der Waals surface area contributed by atoms with Gasteiger partial charge in [-0.15, -0.1) is 0 Å². The van der Waals surface area contributed by atoms with Crippen molar-refractivity contribution in [2.75, 3.05) is 10.6 Å². The van der Waals surface area contributed by atoms with E-state index in [1.165, 1.54) is 12.5 Å². The van der Waals surface area contributed by atoms with E-state index in [2.05, 4.69) is 16.7 Å². The Balaban J connectivity index is 1.66. The van der Waals surface area contributed by atoms with Crippen LogP contribution in [0.15, 0.2) is 66.7 Å². The van der Waals surface area contributed by atoms with Gasteiger partial charge in [-0.1, -0.05) is 47.5 Å². The summed E-state index contributed by atoms with van der Waals surface area (Å²) < 4.78 is 5.82. The normalized spacial score (nSPS) is 10.3. The lowest BCUT2D eigenvalue weighted by Gasteiger charge is -2.11. The zero-order chi connectivity index (χ0) is 20.8. The topological polar surface area (TPSA) is 67.4 Å². The first-order valence-electron chi connectivity index (χ1n) is 9.07. The summed E-state index contributed by atoms with van der Waals surface area (Å²) in [6.45, 7) is 3.86. The van der Waals surface area contributed by atoms with E-state index in [4.69, 9.17) is 16.3 Å². The highest BCUT2D eigenvalue weighted by Crippen LogP contribution is 2.26. The molecule has 0 saturated heterocycles. The summed E-state index contributed by atoms with van der Waals surface area (Å²) in [7, 11) is 0. The molecule has 5 nitrogen and oxygen atoms in total. The number of carbonyl (C=O) groups excluding carboxylic acids is 2. The quantitative estimate of drug-likeness (QED) is 0.570. The highest BCUT2D eigenvalue weighted by Gasteiger charge is 2.10. The van der Waals surface area contributed by atoms with E-state index in [1.54, 1.807) is 36.4 Å². The monoisotopic (exact) mass is 408 g/mol. The van der Waals surface area contributed by atoms with Crippen molar-refractivity contribution in [2.45, 2.75) is 20.5 Å². The van der Waals surface area contributed by atoms with Crippen LogP contribution in [0.4, 0.5) is 11.4 Å². The maximum atomic E-state index is 12.6. The van der Waals surface area contributed by atoms with Gasteiger partial charge in [0.25, 0.3) is 5.91 Å². The molecule has 0 aromatic heterocycles. The molecule has 148 valence electrons. The third kappa shape index (κ3) is 5.83. The summed E-state index contributed by atoms with van der Waals surface area (Å²) in [5.74, 6) is 0.110. The van der Waals surface area contributed by atoms with Gasteiger partial charge in [0.15, 0.2) is 0 Å². The van der Waals surface area contributed by atoms with Crippen LogP contribution in [0, 0.1) is 6.92 Å². The summed E-state index contributed by atoms with van der Waals surface area (Å²) in [5.41, 5.74) is 3.72. The first kappa shape index (κ1) is 20.4. The molecule has 3 aromatic carbocycles. The van der Waals surface area contributed by atoms with Crippen LogP contribution in [0.25, 0.3) is 0 Å². The Morgan fingerprint density at radius 1 is 0.966 bits per heavy atom. The molecule has 0 atom stereocenters. The molecule has 0 fully saturated rings. The van der Waals surface area contributed by atoms with Crippen molar-refractivity contribution in [3.05, 3.63) is 88.4 Å². The number of carbonyl (C=O) groups is 2. The fraction of sp³-hybridized carbons (Fsp3) is 0.130. The molecule has 0 heterocycles. The predicted octanol–water partition coefficient (Wildman–Crippen LogP) is 5.44. The van der Waals surface area contributed by atoms with Gasteiger partial charge in [-0.05, 0) is 48.9 Å². The van der Waals surface area contributed by atoms with E-state index in [-0.39, 0.29) is 11.8 Å². The minimum absolute atomic E-state index is 0.217. The summed E-state index contributed by atoms with van der Waals surface area (Å²) in [4.78, 5) is 23.7. The molecule has 0 aliphatic carbocycles. The van der Waals surface area contributed by atoms with Gasteiger partial charge in [-0.25, -0.2) is 0 Å². The first-order valence-corrected chi connectivity index (χ1v) is 9.45. The summed E-state index contributed by atoms with van der Waals surface area (Å²) in [6.07, 6.45) is 0. The molecule has 0 radical (unpaired) electrons. The number of nitrogens with one attached hydrogen (secondary N) is 2. The SMILES string of the molecule is CC(=O)Nc1ccc(NC(=O)c2cccc(OCc3cccc(C)c3)c2)cc1Cl. The minimum atomic E-state index is -0.283. The Kier molecular flexibility index (Phi) is 6.52. The van der Waals surface area contributed by atoms with Crippen molar-refractivity contribution >= 4 is 34.8 Å². The molecule has 6 heteroatoms. The number of hydrogen-bond donors (Lipinski definition) is 2. The van der Waals surface area contributed by atoms with E-state index in [0.29, 0.717) is 34.3 Å². The molecule has 0 unspecified atom stereocenters. The summed E-state index contributed by atoms with van der Waals surface area (Å²) in [6, 6.07) is 20.0. The highest BCUT2D eigenvalue weighted by atomic mass is 35.5. The van der Waals surface area contributed by atoms with Gasteiger partial charge in [0.05, 0.1) is 10.7 Å². The maximum Gasteiger partial charge on any atom is 0.255 e. The Morgan fingerprint density at radius 3 is 2.48 bits per heavy atom. The molecule has 0 saturated carbocycles. The Bertz CT molecular complexity index is 1050. The van der Waals surface area contributed by atoms with E-state index in [1.807, 2.05) is 31.2 Å². The molecule has 29 heavy (non-hydrogen) atoms. The van der Waals surface area contributed by atoms with Gasteiger partial charge >= 0.3 is 0 Å². The number of benzene rings is 3. The number of anilines is 2. The lowest BCUT2D eigenvalue weighted by atomic mass is 10.1. The second-order valence-electron chi connectivity index (χ2n) is 6.64. The molecule has 2 amide bonds. The van der Waals surface area contributed by atoms with Gasteiger partial charge in [0.2, 0.25) is 5.91 Å². The molecular formula is C23H21ClN2O3. The Hall–Kier alpha value is -3.31. The molecule has 0 aliphatic heterocycles. The molecule has 2 N–H and O–H groups in total. The maximum absolute atomic E-state index is 12.6. The van der Waals surface area contributed by atoms with Crippen LogP contribution in [0.1, 0.15) is 28.4 Å². The summed E-state index contributed by atoms with van der Waals surface area (Å²) >= 11 is 6.15. The molecule has 0 bridgehead atoms. The summed E-state index contributed by atoms with van der Waals surface area (Å²) in [5, 5.41) is 5.76. The van der Waals surface area contributed by atoms with Crippen molar-refractivity contribution in [1.29, 1.82) is 0 Å². The molecular weight excluding hydrogens is 388 g/mol. The van der Waals surface area contributed by atoms with Gasteiger partial charge in [0, 0.05) is 18.2 Å². The fourth-order valence-corrected chi connectivity index (χ4v) is 3.01. The molecule has 0 spiro atoms. The van der Waals surface area contributed by atoms with Crippen molar-refractivity contribution < 1.29 is 14.3 Å². The number of aryl methyl sites for hydroxylation is 1. The highest BCUT2D eigenvalue weighted by molar-refractivity contribution is 6.34. The molecule has 3 aromatic rings. The lowest BCUT2D eigenvalue weighted by molar-refractivity contribution is -0.114. The number of hydrogen-bond acceptors (Lipinski definition) is 3. The average molecular weight is 409 g/mol. The van der Waals surface area contributed by atoms with Crippen molar-refractivity contribution in [1.82, 2.24) is 0 Å². The third-order valence-electron chi connectivity index (χ3n) is 4.12. The number of amides is 2.